The van der Waals surface area contributed by atoms with Crippen molar-refractivity contribution in [3.05, 3.63) is 65.3 Å². The van der Waals surface area contributed by atoms with Crippen LogP contribution in [0.5, 0.6) is 0 Å². The average molecular weight is 367 g/mol. The standard InChI is InChI=1S/C20H18FN3OS/c21-16-5-3-4-15(12-16)20(10-1-2-11-20)19(25)22-17-8-6-14(7-9-17)18-13-26-24-23-18/h3-9,12-13H,1-2,10-11H2,(H,22,25). The van der Waals surface area contributed by atoms with E-state index in [2.05, 4.69) is 14.9 Å². The number of carbonyl (C=O) groups is 1. The minimum Gasteiger partial charge on any atom is -0.325 e. The third-order valence-corrected chi connectivity index (χ3v) is 5.57. The monoisotopic (exact) mass is 367 g/mol. The molecule has 2 aromatic carbocycles. The molecule has 4 nitrogen and oxygen atoms in total. The van der Waals surface area contributed by atoms with Gasteiger partial charge in [0.2, 0.25) is 5.91 Å². The zero-order valence-electron chi connectivity index (χ0n) is 14.1. The molecule has 1 heterocycles. The summed E-state index contributed by atoms with van der Waals surface area (Å²) in [5.74, 6) is -0.369. The van der Waals surface area contributed by atoms with Gasteiger partial charge in [-0.25, -0.2) is 4.39 Å². The average Bonchev–Trinajstić information content (AvgIpc) is 3.35. The molecule has 1 aliphatic rings. The van der Waals surface area contributed by atoms with Gasteiger partial charge in [0.15, 0.2) is 0 Å². The molecule has 0 unspecified atom stereocenters. The van der Waals surface area contributed by atoms with Gasteiger partial charge in [-0.15, -0.1) is 5.10 Å². The van der Waals surface area contributed by atoms with Crippen LogP contribution in [-0.4, -0.2) is 15.5 Å². The van der Waals surface area contributed by atoms with Gasteiger partial charge in [0.25, 0.3) is 0 Å². The molecule has 1 saturated carbocycles. The summed E-state index contributed by atoms with van der Waals surface area (Å²) in [6, 6.07) is 14.0. The van der Waals surface area contributed by atoms with Crippen LogP contribution in [0.3, 0.4) is 0 Å². The summed E-state index contributed by atoms with van der Waals surface area (Å²) >= 11 is 1.30. The Morgan fingerprint density at radius 2 is 1.88 bits per heavy atom. The van der Waals surface area contributed by atoms with Crippen molar-refractivity contribution in [3.63, 3.8) is 0 Å². The Kier molecular flexibility index (Phi) is 4.51. The van der Waals surface area contributed by atoms with Crippen molar-refractivity contribution in [1.29, 1.82) is 0 Å². The Morgan fingerprint density at radius 1 is 1.12 bits per heavy atom. The maximum Gasteiger partial charge on any atom is 0.235 e. The van der Waals surface area contributed by atoms with Gasteiger partial charge in [0, 0.05) is 16.6 Å². The van der Waals surface area contributed by atoms with Crippen LogP contribution in [0.25, 0.3) is 11.3 Å². The molecule has 1 aromatic heterocycles. The highest BCUT2D eigenvalue weighted by Gasteiger charge is 2.42. The van der Waals surface area contributed by atoms with Crippen molar-refractivity contribution in [1.82, 2.24) is 9.59 Å². The van der Waals surface area contributed by atoms with Crippen LogP contribution in [0.15, 0.2) is 53.9 Å². The molecule has 0 saturated heterocycles. The number of halogens is 1. The van der Waals surface area contributed by atoms with E-state index in [1.807, 2.05) is 35.7 Å². The molecule has 0 spiro atoms. The first-order valence-electron chi connectivity index (χ1n) is 8.62. The summed E-state index contributed by atoms with van der Waals surface area (Å²) in [5, 5.41) is 8.95. The second-order valence-corrected chi connectivity index (χ2v) is 7.23. The molecule has 3 aromatic rings. The minimum atomic E-state index is -0.653. The molecule has 0 atom stereocenters. The molecule has 1 fully saturated rings. The SMILES string of the molecule is O=C(Nc1ccc(-c2csnn2)cc1)C1(c2cccc(F)c2)CCCC1. The number of benzene rings is 2. The van der Waals surface area contributed by atoms with Crippen LogP contribution in [-0.2, 0) is 10.2 Å². The van der Waals surface area contributed by atoms with Gasteiger partial charge >= 0.3 is 0 Å². The number of anilines is 1. The molecule has 0 aliphatic heterocycles. The predicted molar refractivity (Wildman–Crippen MR) is 101 cm³/mol. The van der Waals surface area contributed by atoms with Crippen molar-refractivity contribution >= 4 is 23.1 Å². The van der Waals surface area contributed by atoms with Crippen molar-refractivity contribution in [3.8, 4) is 11.3 Å². The summed E-state index contributed by atoms with van der Waals surface area (Å²) in [5.41, 5.74) is 2.61. The van der Waals surface area contributed by atoms with Gasteiger partial charge in [-0.1, -0.05) is 41.6 Å². The zero-order valence-corrected chi connectivity index (χ0v) is 14.9. The van der Waals surface area contributed by atoms with Crippen molar-refractivity contribution in [2.24, 2.45) is 0 Å². The van der Waals surface area contributed by atoms with E-state index in [4.69, 9.17) is 0 Å². The number of hydrogen-bond donors (Lipinski definition) is 1. The van der Waals surface area contributed by atoms with E-state index >= 15 is 0 Å². The van der Waals surface area contributed by atoms with Gasteiger partial charge in [0.05, 0.1) is 5.41 Å². The van der Waals surface area contributed by atoms with Crippen LogP contribution in [0.2, 0.25) is 0 Å². The lowest BCUT2D eigenvalue weighted by Crippen LogP contribution is -2.38. The van der Waals surface area contributed by atoms with E-state index in [0.717, 1.165) is 48.2 Å². The second kappa shape index (κ2) is 6.96. The van der Waals surface area contributed by atoms with E-state index in [9.17, 15) is 9.18 Å². The predicted octanol–water partition coefficient (Wildman–Crippen LogP) is 4.79. The molecule has 1 aliphatic carbocycles. The van der Waals surface area contributed by atoms with Gasteiger partial charge < -0.3 is 5.32 Å². The first kappa shape index (κ1) is 16.8. The molecule has 4 rings (SSSR count). The Balaban J connectivity index is 1.57. The topological polar surface area (TPSA) is 54.9 Å². The van der Waals surface area contributed by atoms with Crippen LogP contribution in [0, 0.1) is 5.82 Å². The number of amides is 1. The lowest BCUT2D eigenvalue weighted by atomic mass is 9.78. The fourth-order valence-corrected chi connectivity index (χ4v) is 4.14. The Bertz CT molecular complexity index is 903. The molecular formula is C20H18FN3OS. The maximum atomic E-state index is 13.7. The molecule has 0 radical (unpaired) electrons. The number of rotatable bonds is 4. The zero-order chi connectivity index (χ0) is 18.0. The van der Waals surface area contributed by atoms with E-state index < -0.39 is 5.41 Å². The highest BCUT2D eigenvalue weighted by Crippen LogP contribution is 2.42. The number of nitrogens with one attached hydrogen (secondary N) is 1. The van der Waals surface area contributed by atoms with Crippen LogP contribution < -0.4 is 5.32 Å². The van der Waals surface area contributed by atoms with Crippen LogP contribution in [0.4, 0.5) is 10.1 Å². The molecule has 26 heavy (non-hydrogen) atoms. The number of nitrogens with zero attached hydrogens (tertiary/aromatic N) is 2. The van der Waals surface area contributed by atoms with Crippen molar-refractivity contribution < 1.29 is 9.18 Å². The largest absolute Gasteiger partial charge is 0.325 e. The first-order chi connectivity index (χ1) is 12.7. The number of carbonyl (C=O) groups excluding carboxylic acids is 1. The number of hydrogen-bond acceptors (Lipinski definition) is 4. The van der Waals surface area contributed by atoms with Crippen LogP contribution in [0.1, 0.15) is 31.2 Å². The highest BCUT2D eigenvalue weighted by molar-refractivity contribution is 7.03. The minimum absolute atomic E-state index is 0.0660. The molecular weight excluding hydrogens is 349 g/mol. The van der Waals surface area contributed by atoms with Gasteiger partial charge in [0.1, 0.15) is 11.5 Å². The van der Waals surface area contributed by atoms with E-state index in [0.29, 0.717) is 0 Å². The summed E-state index contributed by atoms with van der Waals surface area (Å²) in [4.78, 5) is 13.1. The first-order valence-corrected chi connectivity index (χ1v) is 9.46. The summed E-state index contributed by atoms with van der Waals surface area (Å²) in [6.45, 7) is 0. The van der Waals surface area contributed by atoms with E-state index in [1.165, 1.54) is 23.7 Å². The molecule has 1 N–H and O–H groups in total. The fraction of sp³-hybridized carbons (Fsp3) is 0.250. The quantitative estimate of drug-likeness (QED) is 0.721. The lowest BCUT2D eigenvalue weighted by Gasteiger charge is -2.28. The van der Waals surface area contributed by atoms with Crippen LogP contribution >= 0.6 is 11.5 Å². The third-order valence-electron chi connectivity index (χ3n) is 5.07. The summed E-state index contributed by atoms with van der Waals surface area (Å²) in [6.07, 6.45) is 3.43. The second-order valence-electron chi connectivity index (χ2n) is 6.62. The maximum absolute atomic E-state index is 13.7. The van der Waals surface area contributed by atoms with E-state index in [1.54, 1.807) is 6.07 Å². The smallest absolute Gasteiger partial charge is 0.235 e. The van der Waals surface area contributed by atoms with Gasteiger partial charge in [-0.3, -0.25) is 4.79 Å². The normalized spacial score (nSPS) is 15.7. The van der Waals surface area contributed by atoms with Gasteiger partial charge in [-0.05, 0) is 54.2 Å². The molecule has 6 heteroatoms. The molecule has 0 bridgehead atoms. The number of aromatic nitrogens is 2. The van der Waals surface area contributed by atoms with E-state index in [-0.39, 0.29) is 11.7 Å². The summed E-state index contributed by atoms with van der Waals surface area (Å²) < 4.78 is 17.6. The summed E-state index contributed by atoms with van der Waals surface area (Å²) in [7, 11) is 0. The third kappa shape index (κ3) is 3.12. The Morgan fingerprint density at radius 3 is 2.54 bits per heavy atom. The van der Waals surface area contributed by atoms with Gasteiger partial charge in [-0.2, -0.15) is 0 Å². The highest BCUT2D eigenvalue weighted by atomic mass is 32.1. The molecule has 132 valence electrons. The fourth-order valence-electron chi connectivity index (χ4n) is 3.68. The Hall–Kier alpha value is -2.60. The lowest BCUT2D eigenvalue weighted by molar-refractivity contribution is -0.121. The van der Waals surface area contributed by atoms with Crippen molar-refractivity contribution in [2.75, 3.05) is 5.32 Å². The Labute approximate surface area is 155 Å². The molecule has 1 amide bonds. The van der Waals surface area contributed by atoms with Crippen molar-refractivity contribution in [2.45, 2.75) is 31.1 Å².